The second-order valence-electron chi connectivity index (χ2n) is 4.86. The summed E-state index contributed by atoms with van der Waals surface area (Å²) in [5.74, 6) is -0.0375. The average molecular weight is 254 g/mol. The van der Waals surface area contributed by atoms with Gasteiger partial charge in [-0.1, -0.05) is 30.3 Å². The molecule has 2 N–H and O–H groups in total. The lowest BCUT2D eigenvalue weighted by Gasteiger charge is -2.10. The van der Waals surface area contributed by atoms with Crippen LogP contribution in [-0.2, 0) is 0 Å². The molecule has 0 spiro atoms. The Morgan fingerprint density at radius 2 is 1.68 bits per heavy atom. The van der Waals surface area contributed by atoms with E-state index in [1.807, 2.05) is 6.07 Å². The first-order valence-corrected chi connectivity index (χ1v) is 6.33. The van der Waals surface area contributed by atoms with Crippen molar-refractivity contribution in [3.05, 3.63) is 59.2 Å². The minimum atomic E-state index is -0.222. The summed E-state index contributed by atoms with van der Waals surface area (Å²) in [7, 11) is 0. The zero-order valence-electron chi connectivity index (χ0n) is 10.3. The van der Waals surface area contributed by atoms with E-state index in [9.17, 15) is 15.0 Å². The Morgan fingerprint density at radius 1 is 1.00 bits per heavy atom. The number of phenols is 2. The first-order chi connectivity index (χ1) is 9.18. The van der Waals surface area contributed by atoms with Crippen LogP contribution < -0.4 is 0 Å². The van der Waals surface area contributed by atoms with E-state index in [2.05, 4.69) is 0 Å². The Kier molecular flexibility index (Phi) is 2.75. The van der Waals surface area contributed by atoms with Crippen LogP contribution in [0.4, 0.5) is 0 Å². The molecule has 0 aliphatic heterocycles. The highest BCUT2D eigenvalue weighted by molar-refractivity contribution is 6.11. The third kappa shape index (κ3) is 2.08. The van der Waals surface area contributed by atoms with Crippen LogP contribution in [0.2, 0.25) is 0 Å². The molecule has 3 nitrogen and oxygen atoms in total. The summed E-state index contributed by atoms with van der Waals surface area (Å²) in [6.07, 6.45) is 1.90. The summed E-state index contributed by atoms with van der Waals surface area (Å²) in [6, 6.07) is 11.8. The largest absolute Gasteiger partial charge is 0.508 e. The van der Waals surface area contributed by atoms with Crippen LogP contribution in [0.1, 0.15) is 40.2 Å². The maximum atomic E-state index is 12.3. The number of phenolic OH excluding ortho intramolecular Hbond substituents is 2. The van der Waals surface area contributed by atoms with Gasteiger partial charge in [-0.2, -0.15) is 0 Å². The topological polar surface area (TPSA) is 57.5 Å². The van der Waals surface area contributed by atoms with E-state index in [0.717, 1.165) is 12.8 Å². The lowest BCUT2D eigenvalue weighted by atomic mass is 9.97. The maximum Gasteiger partial charge on any atom is 0.196 e. The highest BCUT2D eigenvalue weighted by Gasteiger charge is 2.31. The molecule has 1 aliphatic rings. The molecular formula is C16H14O3. The maximum absolute atomic E-state index is 12.3. The van der Waals surface area contributed by atoms with Crippen LogP contribution in [0.15, 0.2) is 42.5 Å². The molecule has 1 aliphatic carbocycles. The number of carbonyl (C=O) groups is 1. The Balaban J connectivity index is 2.06. The smallest absolute Gasteiger partial charge is 0.196 e. The molecule has 0 heterocycles. The first-order valence-electron chi connectivity index (χ1n) is 6.33. The van der Waals surface area contributed by atoms with Gasteiger partial charge in [-0.05, 0) is 30.9 Å². The van der Waals surface area contributed by atoms with Gasteiger partial charge in [-0.3, -0.25) is 4.79 Å². The molecule has 0 radical (unpaired) electrons. The van der Waals surface area contributed by atoms with Gasteiger partial charge in [-0.25, -0.2) is 0 Å². The molecule has 0 atom stereocenters. The molecule has 19 heavy (non-hydrogen) atoms. The normalized spacial score (nSPS) is 14.3. The highest BCUT2D eigenvalue weighted by Crippen LogP contribution is 2.49. The van der Waals surface area contributed by atoms with Crippen LogP contribution in [0.3, 0.4) is 0 Å². The first kappa shape index (κ1) is 11.8. The molecule has 3 rings (SSSR count). The summed E-state index contributed by atoms with van der Waals surface area (Å²) in [6.45, 7) is 0. The molecule has 0 aromatic heterocycles. The van der Waals surface area contributed by atoms with Crippen molar-refractivity contribution in [3.8, 4) is 11.5 Å². The quantitative estimate of drug-likeness (QED) is 0.827. The van der Waals surface area contributed by atoms with Crippen molar-refractivity contribution in [2.45, 2.75) is 18.8 Å². The van der Waals surface area contributed by atoms with Gasteiger partial charge < -0.3 is 10.2 Å². The van der Waals surface area contributed by atoms with Gasteiger partial charge in [0.15, 0.2) is 5.78 Å². The molecule has 2 aromatic carbocycles. The number of hydrogen-bond acceptors (Lipinski definition) is 3. The fourth-order valence-corrected chi connectivity index (χ4v) is 2.30. The van der Waals surface area contributed by atoms with Crippen molar-refractivity contribution >= 4 is 5.78 Å². The standard InChI is InChI=1S/C16H14O3/c17-13-9-8-12(16(19)14(13)10-6-7-10)15(18)11-4-2-1-3-5-11/h1-5,8-10,17,19H,6-7H2. The Labute approximate surface area is 111 Å². The lowest BCUT2D eigenvalue weighted by molar-refractivity contribution is 0.103. The predicted octanol–water partition coefficient (Wildman–Crippen LogP) is 3.21. The van der Waals surface area contributed by atoms with Crippen LogP contribution >= 0.6 is 0 Å². The second-order valence-corrected chi connectivity index (χ2v) is 4.86. The highest BCUT2D eigenvalue weighted by atomic mass is 16.3. The van der Waals surface area contributed by atoms with E-state index in [1.165, 1.54) is 12.1 Å². The van der Waals surface area contributed by atoms with E-state index < -0.39 is 0 Å². The van der Waals surface area contributed by atoms with Gasteiger partial charge in [0, 0.05) is 11.1 Å². The van der Waals surface area contributed by atoms with Gasteiger partial charge in [0.2, 0.25) is 0 Å². The molecule has 1 fully saturated rings. The number of hydrogen-bond donors (Lipinski definition) is 2. The lowest BCUT2D eigenvalue weighted by Crippen LogP contribution is -2.02. The number of carbonyl (C=O) groups excluding carboxylic acids is 1. The zero-order chi connectivity index (χ0) is 13.4. The van der Waals surface area contributed by atoms with E-state index in [-0.39, 0.29) is 28.8 Å². The fraction of sp³-hybridized carbons (Fsp3) is 0.188. The zero-order valence-corrected chi connectivity index (χ0v) is 10.3. The molecule has 0 amide bonds. The minimum absolute atomic E-state index is 0.0728. The predicted molar refractivity (Wildman–Crippen MR) is 71.6 cm³/mol. The van der Waals surface area contributed by atoms with Gasteiger partial charge in [0.25, 0.3) is 0 Å². The van der Waals surface area contributed by atoms with Crippen molar-refractivity contribution in [2.75, 3.05) is 0 Å². The third-order valence-corrected chi connectivity index (χ3v) is 3.46. The molecule has 3 heteroatoms. The summed E-state index contributed by atoms with van der Waals surface area (Å²) in [4.78, 5) is 12.3. The summed E-state index contributed by atoms with van der Waals surface area (Å²) in [5, 5.41) is 20.0. The van der Waals surface area contributed by atoms with Crippen molar-refractivity contribution in [3.63, 3.8) is 0 Å². The van der Waals surface area contributed by atoms with Crippen molar-refractivity contribution in [1.29, 1.82) is 0 Å². The Morgan fingerprint density at radius 3 is 2.32 bits per heavy atom. The van der Waals surface area contributed by atoms with E-state index in [4.69, 9.17) is 0 Å². The van der Waals surface area contributed by atoms with E-state index in [0.29, 0.717) is 11.1 Å². The van der Waals surface area contributed by atoms with Crippen molar-refractivity contribution < 1.29 is 15.0 Å². The molecule has 2 aromatic rings. The van der Waals surface area contributed by atoms with Crippen LogP contribution in [0.25, 0.3) is 0 Å². The molecular weight excluding hydrogens is 240 g/mol. The fourth-order valence-electron chi connectivity index (χ4n) is 2.30. The number of rotatable bonds is 3. The van der Waals surface area contributed by atoms with Gasteiger partial charge in [0.05, 0.1) is 5.56 Å². The van der Waals surface area contributed by atoms with Crippen molar-refractivity contribution in [2.24, 2.45) is 0 Å². The third-order valence-electron chi connectivity index (χ3n) is 3.46. The van der Waals surface area contributed by atoms with E-state index in [1.54, 1.807) is 24.3 Å². The molecule has 0 bridgehead atoms. The summed E-state index contributed by atoms with van der Waals surface area (Å²) in [5.41, 5.74) is 1.30. The minimum Gasteiger partial charge on any atom is -0.508 e. The van der Waals surface area contributed by atoms with Gasteiger partial charge in [0.1, 0.15) is 11.5 Å². The van der Waals surface area contributed by atoms with Gasteiger partial charge >= 0.3 is 0 Å². The van der Waals surface area contributed by atoms with Crippen LogP contribution in [-0.4, -0.2) is 16.0 Å². The van der Waals surface area contributed by atoms with Gasteiger partial charge in [-0.15, -0.1) is 0 Å². The SMILES string of the molecule is O=C(c1ccccc1)c1ccc(O)c(C2CC2)c1O. The summed E-state index contributed by atoms with van der Waals surface area (Å²) >= 11 is 0. The Hall–Kier alpha value is -2.29. The number of aromatic hydroxyl groups is 2. The Bertz CT molecular complexity index is 628. The second kappa shape index (κ2) is 4.43. The molecule has 0 saturated heterocycles. The molecule has 0 unspecified atom stereocenters. The molecule has 96 valence electrons. The van der Waals surface area contributed by atoms with E-state index >= 15 is 0 Å². The van der Waals surface area contributed by atoms with Crippen molar-refractivity contribution in [1.82, 2.24) is 0 Å². The van der Waals surface area contributed by atoms with Crippen LogP contribution in [0, 0.1) is 0 Å². The average Bonchev–Trinajstić information content (AvgIpc) is 3.24. The molecule has 1 saturated carbocycles. The van der Waals surface area contributed by atoms with Crippen LogP contribution in [0.5, 0.6) is 11.5 Å². The number of ketones is 1. The number of benzene rings is 2. The monoisotopic (exact) mass is 254 g/mol. The summed E-state index contributed by atoms with van der Waals surface area (Å²) < 4.78 is 0.